The third-order valence-corrected chi connectivity index (χ3v) is 6.55. The molecule has 30 heavy (non-hydrogen) atoms. The molecule has 0 saturated carbocycles. The third-order valence-electron chi connectivity index (χ3n) is 6.55. The fourth-order valence-electron chi connectivity index (χ4n) is 5.01. The topological polar surface area (TPSA) is 78.6 Å². The molecule has 0 radical (unpaired) electrons. The van der Waals surface area contributed by atoms with Gasteiger partial charge in [-0.1, -0.05) is 48.5 Å². The number of nitrogens with one attached hydrogen (secondary N) is 3. The maximum atomic E-state index is 5.63. The maximum Gasteiger partial charge on any atom is 0.181 e. The Bertz CT molecular complexity index is 1160. The average molecular weight is 399 g/mol. The van der Waals surface area contributed by atoms with Crippen molar-refractivity contribution in [3.8, 4) is 11.4 Å². The summed E-state index contributed by atoms with van der Waals surface area (Å²) >= 11 is 0. The minimum absolute atomic E-state index is 0.106. The molecule has 0 amide bonds. The van der Waals surface area contributed by atoms with Gasteiger partial charge in [0.25, 0.3) is 0 Å². The van der Waals surface area contributed by atoms with Crippen molar-refractivity contribution in [3.05, 3.63) is 71.7 Å². The summed E-state index contributed by atoms with van der Waals surface area (Å²) < 4.78 is 5.63. The monoisotopic (exact) mass is 399 g/mol. The molecule has 4 heterocycles. The molecule has 2 atom stereocenters. The standard InChI is InChI=1S/C24H25N5O/c1-2-6-16(7-3-1)23-27-24(29-28-23)20-14-18-17-8-4-5-9-19(17)25-22(18)21(26-20)15-10-12-30-13-11-15/h1-9,15,20-21,25-26H,10-14H2,(H,27,28,29)/t20-,21?/m1/s1. The third kappa shape index (κ3) is 3.04. The minimum atomic E-state index is 0.106. The van der Waals surface area contributed by atoms with Gasteiger partial charge in [-0.2, -0.15) is 5.10 Å². The Hall–Kier alpha value is -2.96. The number of rotatable bonds is 3. The largest absolute Gasteiger partial charge is 0.381 e. The highest BCUT2D eigenvalue weighted by Gasteiger charge is 2.36. The number of hydrogen-bond acceptors (Lipinski definition) is 4. The van der Waals surface area contributed by atoms with E-state index in [1.807, 2.05) is 30.3 Å². The molecule has 6 heteroatoms. The van der Waals surface area contributed by atoms with E-state index in [1.54, 1.807) is 0 Å². The predicted molar refractivity (Wildman–Crippen MR) is 116 cm³/mol. The molecule has 6 rings (SSSR count). The van der Waals surface area contributed by atoms with E-state index in [2.05, 4.69) is 44.8 Å². The van der Waals surface area contributed by atoms with Crippen molar-refractivity contribution in [1.29, 1.82) is 0 Å². The molecule has 0 bridgehead atoms. The highest BCUT2D eigenvalue weighted by Crippen LogP contribution is 2.41. The Morgan fingerprint density at radius 3 is 2.60 bits per heavy atom. The van der Waals surface area contributed by atoms with Gasteiger partial charge in [0.1, 0.15) is 5.82 Å². The zero-order chi connectivity index (χ0) is 19.9. The smallest absolute Gasteiger partial charge is 0.181 e. The Morgan fingerprint density at radius 2 is 1.73 bits per heavy atom. The molecule has 2 aliphatic rings. The van der Waals surface area contributed by atoms with Crippen LogP contribution in [-0.4, -0.2) is 33.4 Å². The molecule has 2 aliphatic heterocycles. The van der Waals surface area contributed by atoms with Gasteiger partial charge in [-0.25, -0.2) is 4.98 Å². The summed E-state index contributed by atoms with van der Waals surface area (Å²) in [7, 11) is 0. The first-order valence-electron chi connectivity index (χ1n) is 10.8. The van der Waals surface area contributed by atoms with Crippen molar-refractivity contribution in [2.45, 2.75) is 31.3 Å². The van der Waals surface area contributed by atoms with E-state index >= 15 is 0 Å². The van der Waals surface area contributed by atoms with Gasteiger partial charge in [0.15, 0.2) is 5.82 Å². The van der Waals surface area contributed by atoms with Crippen LogP contribution in [-0.2, 0) is 11.2 Å². The second kappa shape index (κ2) is 7.38. The number of para-hydroxylation sites is 1. The lowest BCUT2D eigenvalue weighted by molar-refractivity contribution is 0.0497. The maximum absolute atomic E-state index is 5.63. The van der Waals surface area contributed by atoms with Crippen molar-refractivity contribution in [1.82, 2.24) is 25.5 Å². The molecule has 1 unspecified atom stereocenters. The van der Waals surface area contributed by atoms with Gasteiger partial charge < -0.3 is 9.72 Å². The van der Waals surface area contributed by atoms with Crippen LogP contribution >= 0.6 is 0 Å². The summed E-state index contributed by atoms with van der Waals surface area (Å²) in [6, 6.07) is 19.1. The van der Waals surface area contributed by atoms with Gasteiger partial charge in [-0.05, 0) is 36.8 Å². The van der Waals surface area contributed by atoms with Crippen LogP contribution in [0.5, 0.6) is 0 Å². The van der Waals surface area contributed by atoms with Crippen molar-refractivity contribution in [2.75, 3.05) is 13.2 Å². The first kappa shape index (κ1) is 17.9. The highest BCUT2D eigenvalue weighted by atomic mass is 16.5. The van der Waals surface area contributed by atoms with Crippen molar-refractivity contribution in [3.63, 3.8) is 0 Å². The van der Waals surface area contributed by atoms with E-state index in [0.29, 0.717) is 5.92 Å². The second-order valence-corrected chi connectivity index (χ2v) is 8.32. The summed E-state index contributed by atoms with van der Waals surface area (Å²) in [5, 5.41) is 12.9. The minimum Gasteiger partial charge on any atom is -0.381 e. The van der Waals surface area contributed by atoms with Crippen LogP contribution in [0.25, 0.3) is 22.3 Å². The van der Waals surface area contributed by atoms with E-state index in [0.717, 1.165) is 49.7 Å². The zero-order valence-electron chi connectivity index (χ0n) is 16.8. The number of ether oxygens (including phenoxy) is 1. The van der Waals surface area contributed by atoms with Gasteiger partial charge in [0, 0.05) is 35.4 Å². The van der Waals surface area contributed by atoms with Crippen LogP contribution in [0.15, 0.2) is 54.6 Å². The number of benzene rings is 2. The van der Waals surface area contributed by atoms with Crippen molar-refractivity contribution < 1.29 is 4.74 Å². The number of aromatic nitrogens is 4. The summed E-state index contributed by atoms with van der Waals surface area (Å²) in [4.78, 5) is 8.57. The SMILES string of the molecule is c1ccc(-c2n[nH]c([C@H]3Cc4c([nH]c5ccccc45)C(C4CCOCC4)N3)n2)cc1. The average Bonchev–Trinajstić information content (AvgIpc) is 3.45. The van der Waals surface area contributed by atoms with E-state index in [-0.39, 0.29) is 12.1 Å². The number of aromatic amines is 2. The zero-order valence-corrected chi connectivity index (χ0v) is 16.8. The molecule has 1 fully saturated rings. The van der Waals surface area contributed by atoms with Gasteiger partial charge in [-0.15, -0.1) is 0 Å². The van der Waals surface area contributed by atoms with Crippen LogP contribution in [0, 0.1) is 5.92 Å². The molecule has 0 spiro atoms. The first-order chi connectivity index (χ1) is 14.9. The molecule has 2 aromatic carbocycles. The molecule has 2 aromatic heterocycles. The van der Waals surface area contributed by atoms with Crippen LogP contribution in [0.1, 0.15) is 42.0 Å². The lowest BCUT2D eigenvalue weighted by Crippen LogP contribution is -2.39. The number of nitrogens with zero attached hydrogens (tertiary/aromatic N) is 2. The predicted octanol–water partition coefficient (Wildman–Crippen LogP) is 4.31. The van der Waals surface area contributed by atoms with Gasteiger partial charge in [-0.3, -0.25) is 10.4 Å². The molecular weight excluding hydrogens is 374 g/mol. The molecule has 1 saturated heterocycles. The van der Waals surface area contributed by atoms with Crippen LogP contribution < -0.4 is 5.32 Å². The molecule has 0 aliphatic carbocycles. The Kier molecular flexibility index (Phi) is 4.39. The number of H-pyrrole nitrogens is 2. The molecule has 152 valence electrons. The Balaban J connectivity index is 1.39. The highest BCUT2D eigenvalue weighted by molar-refractivity contribution is 5.85. The second-order valence-electron chi connectivity index (χ2n) is 8.32. The van der Waals surface area contributed by atoms with E-state index < -0.39 is 0 Å². The fraction of sp³-hybridized carbons (Fsp3) is 0.333. The summed E-state index contributed by atoms with van der Waals surface area (Å²) in [5.74, 6) is 2.20. The summed E-state index contributed by atoms with van der Waals surface area (Å²) in [5.41, 5.74) is 4.99. The van der Waals surface area contributed by atoms with Gasteiger partial charge in [0.2, 0.25) is 0 Å². The van der Waals surface area contributed by atoms with Crippen LogP contribution in [0.3, 0.4) is 0 Å². The molecule has 3 N–H and O–H groups in total. The lowest BCUT2D eigenvalue weighted by Gasteiger charge is -2.37. The Morgan fingerprint density at radius 1 is 0.933 bits per heavy atom. The van der Waals surface area contributed by atoms with Crippen molar-refractivity contribution >= 4 is 10.9 Å². The van der Waals surface area contributed by atoms with E-state index in [1.165, 1.54) is 22.2 Å². The van der Waals surface area contributed by atoms with E-state index in [9.17, 15) is 0 Å². The summed E-state index contributed by atoms with van der Waals surface area (Å²) in [6.07, 6.45) is 3.04. The molecular formula is C24H25N5O. The van der Waals surface area contributed by atoms with Crippen LogP contribution in [0.2, 0.25) is 0 Å². The summed E-state index contributed by atoms with van der Waals surface area (Å²) in [6.45, 7) is 1.67. The lowest BCUT2D eigenvalue weighted by atomic mass is 9.83. The first-order valence-corrected chi connectivity index (χ1v) is 10.8. The fourth-order valence-corrected chi connectivity index (χ4v) is 5.01. The molecule has 6 nitrogen and oxygen atoms in total. The van der Waals surface area contributed by atoms with Crippen LogP contribution in [0.4, 0.5) is 0 Å². The van der Waals surface area contributed by atoms with Crippen molar-refractivity contribution in [2.24, 2.45) is 5.92 Å². The Labute approximate surface area is 175 Å². The van der Waals surface area contributed by atoms with Gasteiger partial charge >= 0.3 is 0 Å². The normalized spacial score (nSPS) is 22.3. The molecule has 4 aromatic rings. The number of hydrogen-bond donors (Lipinski definition) is 3. The van der Waals surface area contributed by atoms with E-state index in [4.69, 9.17) is 9.72 Å². The number of fused-ring (bicyclic) bond motifs is 3. The quantitative estimate of drug-likeness (QED) is 0.480. The van der Waals surface area contributed by atoms with Gasteiger partial charge in [0.05, 0.1) is 12.1 Å².